The highest BCUT2D eigenvalue weighted by atomic mass is 16.5. The third kappa shape index (κ3) is 10.7. The molecule has 58 heavy (non-hydrogen) atoms. The van der Waals surface area contributed by atoms with Gasteiger partial charge in [0, 0.05) is 61.8 Å². The van der Waals surface area contributed by atoms with Crippen LogP contribution >= 0.6 is 0 Å². The first kappa shape index (κ1) is 44.0. The molecular weight excluding hydrogens is 744 g/mol. The number of likely N-dealkylation sites (N-methyl/N-ethyl adjacent to an activating group) is 1. The molecule has 1 unspecified atom stereocenters. The van der Waals surface area contributed by atoms with Gasteiger partial charge in [-0.2, -0.15) is 0 Å². The van der Waals surface area contributed by atoms with E-state index in [1.807, 2.05) is 24.3 Å². The molecule has 5 rings (SSSR count). The van der Waals surface area contributed by atoms with Gasteiger partial charge in [-0.25, -0.2) is 9.59 Å². The van der Waals surface area contributed by atoms with Crippen LogP contribution in [0.3, 0.4) is 0 Å². The highest BCUT2D eigenvalue weighted by molar-refractivity contribution is 5.91. The number of esters is 2. The first-order valence-corrected chi connectivity index (χ1v) is 20.0. The van der Waals surface area contributed by atoms with Crippen LogP contribution in [0.1, 0.15) is 54.0 Å². The lowest BCUT2D eigenvalue weighted by molar-refractivity contribution is -0.941. The monoisotopic (exact) mass is 806 g/mol. The second-order valence-electron chi connectivity index (χ2n) is 15.3. The molecule has 2 atom stereocenters. The number of carbonyl (C=O) groups excluding carboxylic acids is 2. The molecule has 316 valence electrons. The minimum atomic E-state index is -0.575. The Balaban J connectivity index is 1.12. The highest BCUT2D eigenvalue weighted by Crippen LogP contribution is 2.43. The molecule has 3 aromatic rings. The normalized spacial score (nSPS) is 18.2. The third-order valence-corrected chi connectivity index (χ3v) is 11.7. The molecule has 0 aliphatic carbocycles. The minimum absolute atomic E-state index is 0.0869. The SMILES string of the molecule is COc1ccc(C[C@@H]2c3cc(OC)c(OC)cc3CC[N+]2(C)CCCOC(=O)/C=C\C(=O)OCCC[N+]2(Cc3cc(OC)c(OC)c(OC)c3)CCCC2)cc1OC. The lowest BCUT2D eigenvalue weighted by Crippen LogP contribution is -2.52. The smallest absolute Gasteiger partial charge is 0.331 e. The number of hydrogen-bond acceptors (Lipinski definition) is 11. The van der Waals surface area contributed by atoms with E-state index >= 15 is 0 Å². The molecule has 1 fully saturated rings. The predicted octanol–water partition coefficient (Wildman–Crippen LogP) is 6.27. The van der Waals surface area contributed by atoms with Crippen LogP contribution in [0.5, 0.6) is 40.2 Å². The Labute approximate surface area is 343 Å². The number of likely N-dealkylation sites (tertiary alicyclic amines) is 1. The quantitative estimate of drug-likeness (QED) is 0.0525. The maximum Gasteiger partial charge on any atom is 0.331 e. The zero-order valence-electron chi connectivity index (χ0n) is 35.6. The molecule has 0 aromatic heterocycles. The number of methoxy groups -OCH3 is 7. The van der Waals surface area contributed by atoms with Crippen LogP contribution in [-0.4, -0.2) is 124 Å². The van der Waals surface area contributed by atoms with E-state index in [2.05, 4.69) is 25.2 Å². The van der Waals surface area contributed by atoms with E-state index in [4.69, 9.17) is 42.6 Å². The van der Waals surface area contributed by atoms with Crippen LogP contribution in [0, 0.1) is 0 Å². The topological polar surface area (TPSA) is 117 Å². The molecule has 2 aliphatic heterocycles. The van der Waals surface area contributed by atoms with E-state index in [9.17, 15) is 9.59 Å². The number of fused-ring (bicyclic) bond motifs is 1. The molecular formula is C45H62N2O11+2. The lowest BCUT2D eigenvalue weighted by atomic mass is 9.86. The van der Waals surface area contributed by atoms with Crippen LogP contribution in [0.4, 0.5) is 0 Å². The summed E-state index contributed by atoms with van der Waals surface area (Å²) in [6.45, 7) is 5.90. The first-order chi connectivity index (χ1) is 28.0. The van der Waals surface area contributed by atoms with Crippen molar-refractivity contribution in [3.63, 3.8) is 0 Å². The zero-order chi connectivity index (χ0) is 41.7. The Bertz CT molecular complexity index is 1870. The van der Waals surface area contributed by atoms with Crippen molar-refractivity contribution in [1.82, 2.24) is 0 Å². The number of rotatable bonds is 21. The number of hydrogen-bond donors (Lipinski definition) is 0. The van der Waals surface area contributed by atoms with E-state index in [-0.39, 0.29) is 19.3 Å². The van der Waals surface area contributed by atoms with Crippen molar-refractivity contribution in [2.24, 2.45) is 0 Å². The van der Waals surface area contributed by atoms with E-state index < -0.39 is 11.9 Å². The van der Waals surface area contributed by atoms with Crippen LogP contribution in [0.15, 0.2) is 54.6 Å². The average molecular weight is 807 g/mol. The first-order valence-electron chi connectivity index (χ1n) is 20.0. The van der Waals surface area contributed by atoms with Crippen LogP contribution in [0.2, 0.25) is 0 Å². The number of nitrogens with zero attached hydrogens (tertiary/aromatic N) is 2. The molecule has 0 amide bonds. The molecule has 0 N–H and O–H groups in total. The van der Waals surface area contributed by atoms with Crippen molar-refractivity contribution in [2.45, 2.75) is 51.1 Å². The van der Waals surface area contributed by atoms with Gasteiger partial charge in [0.1, 0.15) is 12.6 Å². The Kier molecular flexibility index (Phi) is 15.6. The maximum atomic E-state index is 12.6. The summed E-state index contributed by atoms with van der Waals surface area (Å²) in [6.07, 6.45) is 7.54. The van der Waals surface area contributed by atoms with Crippen molar-refractivity contribution < 1.29 is 61.2 Å². The van der Waals surface area contributed by atoms with E-state index in [1.165, 1.54) is 11.1 Å². The van der Waals surface area contributed by atoms with Crippen molar-refractivity contribution >= 4 is 11.9 Å². The fourth-order valence-electron chi connectivity index (χ4n) is 8.64. The molecule has 2 heterocycles. The van der Waals surface area contributed by atoms with E-state index in [1.54, 1.807) is 49.8 Å². The van der Waals surface area contributed by atoms with Gasteiger partial charge in [-0.1, -0.05) is 6.07 Å². The van der Waals surface area contributed by atoms with Crippen molar-refractivity contribution in [1.29, 1.82) is 0 Å². The summed E-state index contributed by atoms with van der Waals surface area (Å²) in [5, 5.41) is 0. The second kappa shape index (κ2) is 20.5. The largest absolute Gasteiger partial charge is 0.493 e. The summed E-state index contributed by atoms with van der Waals surface area (Å²) in [4.78, 5) is 25.2. The van der Waals surface area contributed by atoms with Gasteiger partial charge >= 0.3 is 11.9 Å². The summed E-state index contributed by atoms with van der Waals surface area (Å²) < 4.78 is 51.7. The summed E-state index contributed by atoms with van der Waals surface area (Å²) in [5.41, 5.74) is 4.65. The molecule has 1 saturated heterocycles. The highest BCUT2D eigenvalue weighted by Gasteiger charge is 2.40. The van der Waals surface area contributed by atoms with E-state index in [0.717, 1.165) is 97.2 Å². The second-order valence-corrected chi connectivity index (χ2v) is 15.3. The van der Waals surface area contributed by atoms with Crippen molar-refractivity contribution in [3.8, 4) is 40.2 Å². The summed E-state index contributed by atoms with van der Waals surface area (Å²) in [6, 6.07) is 14.3. The van der Waals surface area contributed by atoms with Gasteiger partial charge in [0.25, 0.3) is 0 Å². The Morgan fingerprint density at radius 2 is 1.16 bits per heavy atom. The van der Waals surface area contributed by atoms with E-state index in [0.29, 0.717) is 53.1 Å². The van der Waals surface area contributed by atoms with Gasteiger partial charge < -0.3 is 51.6 Å². The van der Waals surface area contributed by atoms with Crippen LogP contribution in [0.25, 0.3) is 0 Å². The van der Waals surface area contributed by atoms with Crippen molar-refractivity contribution in [2.75, 3.05) is 103 Å². The van der Waals surface area contributed by atoms with Gasteiger partial charge in [0.15, 0.2) is 34.5 Å². The Morgan fingerprint density at radius 1 is 0.621 bits per heavy atom. The number of carbonyl (C=O) groups is 2. The number of quaternary nitrogens is 2. The van der Waals surface area contributed by atoms with Gasteiger partial charge in [0.05, 0.1) is 103 Å². The standard InChI is InChI=1S/C45H62N2O11/c1-46(22-17-34-29-39(52-4)40(53-5)30-35(34)36(46)25-32-13-14-37(50-2)38(26-32)51-3)18-11-23-57-43(48)15-16-44(49)58-24-12-21-47(19-9-10-20-47)31-33-27-41(54-6)45(56-8)42(28-33)55-7/h13-16,26-30,36H,9-12,17-25,31H2,1-8H3/q+2/b16-15-/t36-,46?/m1/s1. The fourth-order valence-corrected chi connectivity index (χ4v) is 8.64. The van der Waals surface area contributed by atoms with Gasteiger partial charge in [-0.05, 0) is 47.5 Å². The summed E-state index contributed by atoms with van der Waals surface area (Å²) in [5.74, 6) is 3.47. The zero-order valence-corrected chi connectivity index (χ0v) is 35.6. The maximum absolute atomic E-state index is 12.6. The van der Waals surface area contributed by atoms with Crippen LogP contribution < -0.4 is 33.2 Å². The molecule has 13 nitrogen and oxygen atoms in total. The van der Waals surface area contributed by atoms with Gasteiger partial charge in [-0.15, -0.1) is 0 Å². The van der Waals surface area contributed by atoms with Crippen molar-refractivity contribution in [3.05, 3.63) is 76.9 Å². The molecule has 0 spiro atoms. The number of benzene rings is 3. The lowest BCUT2D eigenvalue weighted by Gasteiger charge is -2.46. The molecule has 0 saturated carbocycles. The van der Waals surface area contributed by atoms with Crippen LogP contribution in [-0.2, 0) is 38.4 Å². The predicted molar refractivity (Wildman–Crippen MR) is 219 cm³/mol. The fraction of sp³-hybridized carbons (Fsp3) is 0.511. The Morgan fingerprint density at radius 3 is 1.72 bits per heavy atom. The Hall–Kier alpha value is -5.14. The third-order valence-electron chi connectivity index (χ3n) is 11.7. The molecule has 0 radical (unpaired) electrons. The summed E-state index contributed by atoms with van der Waals surface area (Å²) >= 11 is 0. The average Bonchev–Trinajstić information content (AvgIpc) is 3.71. The molecule has 0 bridgehead atoms. The summed E-state index contributed by atoms with van der Waals surface area (Å²) in [7, 11) is 13.7. The molecule has 2 aliphatic rings. The van der Waals surface area contributed by atoms with Gasteiger partial charge in [0.2, 0.25) is 5.75 Å². The minimum Gasteiger partial charge on any atom is -0.493 e. The molecule has 13 heteroatoms. The van der Waals surface area contributed by atoms with Gasteiger partial charge in [-0.3, -0.25) is 0 Å². The number of ether oxygens (including phenoxy) is 9. The molecule has 3 aromatic carbocycles.